The van der Waals surface area contributed by atoms with Crippen LogP contribution in [0.2, 0.25) is 0 Å². The summed E-state index contributed by atoms with van der Waals surface area (Å²) in [7, 11) is 0. The van der Waals surface area contributed by atoms with E-state index < -0.39 is 5.54 Å². The third kappa shape index (κ3) is 4.13. The molecule has 134 valence electrons. The van der Waals surface area contributed by atoms with Crippen molar-refractivity contribution in [3.63, 3.8) is 0 Å². The van der Waals surface area contributed by atoms with Crippen molar-refractivity contribution in [1.29, 1.82) is 5.26 Å². The van der Waals surface area contributed by atoms with Gasteiger partial charge in [-0.15, -0.1) is 0 Å². The van der Waals surface area contributed by atoms with Crippen LogP contribution in [0.5, 0.6) is 0 Å². The molecule has 1 aromatic carbocycles. The third-order valence-electron chi connectivity index (χ3n) is 5.65. The summed E-state index contributed by atoms with van der Waals surface area (Å²) in [6.07, 6.45) is 4.78. The van der Waals surface area contributed by atoms with Gasteiger partial charge in [0.1, 0.15) is 5.54 Å². The Balaban J connectivity index is 1.54. The van der Waals surface area contributed by atoms with Gasteiger partial charge < -0.3 is 10.2 Å². The highest BCUT2D eigenvalue weighted by Gasteiger charge is 2.36. The molecule has 0 aromatic heterocycles. The highest BCUT2D eigenvalue weighted by atomic mass is 16.2. The van der Waals surface area contributed by atoms with Crippen LogP contribution in [-0.4, -0.2) is 48.6 Å². The number of nitriles is 1. The Morgan fingerprint density at radius 1 is 1.12 bits per heavy atom. The Kier molecular flexibility index (Phi) is 5.60. The molecule has 1 aromatic rings. The lowest BCUT2D eigenvalue weighted by atomic mass is 9.82. The molecule has 1 unspecified atom stereocenters. The summed E-state index contributed by atoms with van der Waals surface area (Å²) in [6, 6.07) is 12.6. The van der Waals surface area contributed by atoms with E-state index in [1.54, 1.807) is 0 Å². The number of para-hydroxylation sites is 1. The normalized spacial score (nSPS) is 22.0. The maximum atomic E-state index is 12.7. The summed E-state index contributed by atoms with van der Waals surface area (Å²) in [5.74, 6) is -0.00314. The van der Waals surface area contributed by atoms with Crippen molar-refractivity contribution in [2.75, 3.05) is 31.1 Å². The smallest absolute Gasteiger partial charge is 0.238 e. The molecule has 1 aliphatic heterocycles. The number of hydrogen-bond acceptors (Lipinski definition) is 4. The van der Waals surface area contributed by atoms with Crippen molar-refractivity contribution in [2.24, 2.45) is 0 Å². The zero-order valence-corrected chi connectivity index (χ0v) is 15.1. The van der Waals surface area contributed by atoms with Gasteiger partial charge in [0.2, 0.25) is 5.91 Å². The fourth-order valence-corrected chi connectivity index (χ4v) is 3.93. The van der Waals surface area contributed by atoms with Crippen LogP contribution in [0.4, 0.5) is 5.69 Å². The van der Waals surface area contributed by atoms with Crippen LogP contribution in [0.15, 0.2) is 30.3 Å². The molecule has 0 radical (unpaired) electrons. The predicted octanol–water partition coefficient (Wildman–Crippen LogP) is 2.54. The molecule has 3 rings (SSSR count). The monoisotopic (exact) mass is 340 g/mol. The zero-order chi connectivity index (χ0) is 17.7. The van der Waals surface area contributed by atoms with Gasteiger partial charge in [-0.1, -0.05) is 37.5 Å². The number of nitrogens with one attached hydrogen (secondary N) is 1. The summed E-state index contributed by atoms with van der Waals surface area (Å²) in [5.41, 5.74) is 0.597. The molecule has 1 atom stereocenters. The highest BCUT2D eigenvalue weighted by molar-refractivity contribution is 5.82. The number of piperazine rings is 1. The number of anilines is 1. The van der Waals surface area contributed by atoms with Crippen molar-refractivity contribution >= 4 is 11.6 Å². The molecule has 5 nitrogen and oxygen atoms in total. The molecule has 1 amide bonds. The fraction of sp³-hybridized carbons (Fsp3) is 0.600. The molecule has 0 bridgehead atoms. The first-order valence-corrected chi connectivity index (χ1v) is 9.41. The number of benzene rings is 1. The summed E-state index contributed by atoms with van der Waals surface area (Å²) >= 11 is 0. The third-order valence-corrected chi connectivity index (χ3v) is 5.65. The molecule has 5 heteroatoms. The molecule has 25 heavy (non-hydrogen) atoms. The average Bonchev–Trinajstić information content (AvgIpc) is 2.69. The molecule has 0 spiro atoms. The van der Waals surface area contributed by atoms with Crippen molar-refractivity contribution in [3.05, 3.63) is 30.3 Å². The van der Waals surface area contributed by atoms with E-state index in [1.165, 1.54) is 5.69 Å². The maximum absolute atomic E-state index is 12.7. The van der Waals surface area contributed by atoms with Crippen LogP contribution in [0.3, 0.4) is 0 Å². The number of carbonyl (C=O) groups is 1. The van der Waals surface area contributed by atoms with Crippen LogP contribution < -0.4 is 10.2 Å². The van der Waals surface area contributed by atoms with Crippen molar-refractivity contribution in [2.45, 2.75) is 50.6 Å². The van der Waals surface area contributed by atoms with E-state index in [0.29, 0.717) is 0 Å². The lowest BCUT2D eigenvalue weighted by Crippen LogP contribution is -2.58. The first kappa shape index (κ1) is 17.8. The topological polar surface area (TPSA) is 59.4 Å². The number of nitrogens with zero attached hydrogens (tertiary/aromatic N) is 3. The lowest BCUT2D eigenvalue weighted by Gasteiger charge is -2.40. The molecule has 2 aliphatic rings. The van der Waals surface area contributed by atoms with Crippen LogP contribution in [-0.2, 0) is 4.79 Å². The second kappa shape index (κ2) is 7.88. The van der Waals surface area contributed by atoms with Gasteiger partial charge in [-0.05, 0) is 31.9 Å². The van der Waals surface area contributed by atoms with Gasteiger partial charge in [-0.25, -0.2) is 0 Å². The van der Waals surface area contributed by atoms with Crippen LogP contribution in [0.1, 0.15) is 39.0 Å². The number of hydrogen-bond donors (Lipinski definition) is 1. The van der Waals surface area contributed by atoms with E-state index in [1.807, 2.05) is 13.0 Å². The van der Waals surface area contributed by atoms with Crippen LogP contribution >= 0.6 is 0 Å². The van der Waals surface area contributed by atoms with E-state index in [9.17, 15) is 10.1 Å². The Labute approximate surface area is 150 Å². The van der Waals surface area contributed by atoms with Gasteiger partial charge in [0.25, 0.3) is 0 Å². The first-order valence-electron chi connectivity index (χ1n) is 9.41. The Morgan fingerprint density at radius 2 is 1.76 bits per heavy atom. The molecule has 2 fully saturated rings. The molecule has 1 saturated carbocycles. The number of rotatable bonds is 4. The van der Waals surface area contributed by atoms with Crippen molar-refractivity contribution in [3.8, 4) is 6.07 Å². The summed E-state index contributed by atoms with van der Waals surface area (Å²) in [4.78, 5) is 17.3. The summed E-state index contributed by atoms with van der Waals surface area (Å²) in [6.45, 7) is 5.53. The van der Waals surface area contributed by atoms with Crippen LogP contribution in [0.25, 0.3) is 0 Å². The minimum Gasteiger partial charge on any atom is -0.369 e. The predicted molar refractivity (Wildman–Crippen MR) is 99.3 cm³/mol. The Morgan fingerprint density at radius 3 is 2.36 bits per heavy atom. The Bertz CT molecular complexity index is 610. The van der Waals surface area contributed by atoms with Crippen LogP contribution in [0, 0.1) is 11.3 Å². The summed E-state index contributed by atoms with van der Waals surface area (Å²) < 4.78 is 0. The van der Waals surface area contributed by atoms with Gasteiger partial charge in [0.05, 0.1) is 12.1 Å². The average molecular weight is 340 g/mol. The zero-order valence-electron chi connectivity index (χ0n) is 15.1. The minimum atomic E-state index is -0.643. The SMILES string of the molecule is CC(C(=O)NC1(C#N)CCCCC1)N1CCN(c2ccccc2)CC1. The molecular formula is C20H28N4O. The van der Waals surface area contributed by atoms with Gasteiger partial charge >= 0.3 is 0 Å². The van der Waals surface area contributed by atoms with E-state index in [-0.39, 0.29) is 11.9 Å². The molecule has 1 heterocycles. The van der Waals surface area contributed by atoms with E-state index >= 15 is 0 Å². The minimum absolute atomic E-state index is 0.00314. The molecule has 1 N–H and O–H groups in total. The molecule has 1 aliphatic carbocycles. The van der Waals surface area contributed by atoms with E-state index in [4.69, 9.17) is 0 Å². The fourth-order valence-electron chi connectivity index (χ4n) is 3.93. The largest absolute Gasteiger partial charge is 0.369 e. The Hall–Kier alpha value is -2.06. The second-order valence-corrected chi connectivity index (χ2v) is 7.28. The second-order valence-electron chi connectivity index (χ2n) is 7.28. The quantitative estimate of drug-likeness (QED) is 0.915. The van der Waals surface area contributed by atoms with Gasteiger partial charge in [0.15, 0.2) is 0 Å². The van der Waals surface area contributed by atoms with Crippen molar-refractivity contribution in [1.82, 2.24) is 10.2 Å². The lowest BCUT2D eigenvalue weighted by molar-refractivity contribution is -0.127. The standard InChI is InChI=1S/C20H28N4O/c1-17(19(25)22-20(16-21)10-6-3-7-11-20)23-12-14-24(15-13-23)18-8-4-2-5-9-18/h2,4-5,8-9,17H,3,6-7,10-15H2,1H3,(H,22,25). The summed E-state index contributed by atoms with van der Waals surface area (Å²) in [5, 5.41) is 12.6. The maximum Gasteiger partial charge on any atom is 0.238 e. The van der Waals surface area contributed by atoms with Gasteiger partial charge in [-0.2, -0.15) is 5.26 Å². The van der Waals surface area contributed by atoms with Gasteiger partial charge in [-0.3, -0.25) is 9.69 Å². The highest BCUT2D eigenvalue weighted by Crippen LogP contribution is 2.28. The van der Waals surface area contributed by atoms with E-state index in [2.05, 4.69) is 45.5 Å². The van der Waals surface area contributed by atoms with E-state index in [0.717, 1.165) is 58.3 Å². The number of amides is 1. The molecule has 1 saturated heterocycles. The van der Waals surface area contributed by atoms with Crippen molar-refractivity contribution < 1.29 is 4.79 Å². The first-order chi connectivity index (χ1) is 12.1. The molecular weight excluding hydrogens is 312 g/mol. The number of carbonyl (C=O) groups excluding carboxylic acids is 1. The van der Waals surface area contributed by atoms with Gasteiger partial charge in [0, 0.05) is 31.9 Å².